The van der Waals surface area contributed by atoms with Crippen LogP contribution in [0.4, 0.5) is 0 Å². The highest BCUT2D eigenvalue weighted by atomic mass is 16.1. The highest BCUT2D eigenvalue weighted by Crippen LogP contribution is 2.46. The molecule has 2 rings (SSSR count). The van der Waals surface area contributed by atoms with E-state index in [0.717, 1.165) is 31.3 Å². The van der Waals surface area contributed by atoms with Crippen molar-refractivity contribution in [2.45, 2.75) is 104 Å². The minimum atomic E-state index is 0.205. The van der Waals surface area contributed by atoms with Crippen molar-refractivity contribution in [3.05, 3.63) is 70.3 Å². The van der Waals surface area contributed by atoms with Gasteiger partial charge in [0, 0.05) is 12.0 Å². The Morgan fingerprint density at radius 1 is 1.03 bits per heavy atom. The van der Waals surface area contributed by atoms with Crippen molar-refractivity contribution in [2.75, 3.05) is 0 Å². The second kappa shape index (κ2) is 9.94. The molecule has 1 nitrogen and oxygen atoms in total. The van der Waals surface area contributed by atoms with Gasteiger partial charge in [0.05, 0.1) is 0 Å². The molecule has 1 aliphatic rings. The largest absolute Gasteiger partial charge is 0.294 e. The number of carbonyl (C=O) groups excluding carboxylic acids is 1. The molecule has 0 atom stereocenters. The number of rotatable bonds is 9. The molecule has 0 fully saturated rings. The van der Waals surface area contributed by atoms with Crippen molar-refractivity contribution in [1.82, 2.24) is 0 Å². The molecular formula is C29H42O. The van der Waals surface area contributed by atoms with Crippen molar-refractivity contribution in [1.29, 1.82) is 0 Å². The van der Waals surface area contributed by atoms with Crippen molar-refractivity contribution in [2.24, 2.45) is 0 Å². The molecule has 164 valence electrons. The van der Waals surface area contributed by atoms with Crippen molar-refractivity contribution in [3.63, 3.8) is 0 Å². The minimum Gasteiger partial charge on any atom is -0.294 e. The smallest absolute Gasteiger partial charge is 0.162 e. The van der Waals surface area contributed by atoms with Crippen LogP contribution in [0.1, 0.15) is 102 Å². The number of benzene rings is 1. The average molecular weight is 407 g/mol. The van der Waals surface area contributed by atoms with E-state index in [1.807, 2.05) is 6.08 Å². The molecule has 0 heterocycles. The molecule has 0 N–H and O–H groups in total. The number of hydrogen-bond acceptors (Lipinski definition) is 1. The molecule has 30 heavy (non-hydrogen) atoms. The molecule has 0 aliphatic heterocycles. The Morgan fingerprint density at radius 2 is 1.63 bits per heavy atom. The zero-order valence-corrected chi connectivity index (χ0v) is 20.5. The maximum Gasteiger partial charge on any atom is 0.162 e. The zero-order valence-electron chi connectivity index (χ0n) is 20.5. The van der Waals surface area contributed by atoms with Gasteiger partial charge in [-0.25, -0.2) is 0 Å². The number of Topliss-reactive ketones (excluding diaryl/α,β-unsaturated/α-hetero) is 1. The molecule has 0 bridgehead atoms. The lowest BCUT2D eigenvalue weighted by atomic mass is 9.62. The Balaban J connectivity index is 2.25. The first kappa shape index (κ1) is 24.4. The van der Waals surface area contributed by atoms with Crippen LogP contribution in [0.15, 0.2) is 48.1 Å². The lowest BCUT2D eigenvalue weighted by Crippen LogP contribution is -2.34. The molecule has 0 spiro atoms. The standard InChI is InChI=1S/C29H42O/c1-9-11-12-13-27(30)23(10-2)15-14-21(3)18-24-20-26-25(19-22(24)4)28(5,6)16-17-29(26,7)8/h10,14-15,19-20H,2,9,11-13,16-18H2,1,3-8H3/b21-14+,23-15+. The summed E-state index contributed by atoms with van der Waals surface area (Å²) >= 11 is 0. The molecule has 0 saturated heterocycles. The summed E-state index contributed by atoms with van der Waals surface area (Å²) in [6.07, 6.45) is 13.0. The highest BCUT2D eigenvalue weighted by molar-refractivity contribution is 5.98. The fraction of sp³-hybridized carbons (Fsp3) is 0.552. The van der Waals surface area contributed by atoms with Crippen molar-refractivity contribution in [3.8, 4) is 0 Å². The van der Waals surface area contributed by atoms with Gasteiger partial charge < -0.3 is 0 Å². The summed E-state index contributed by atoms with van der Waals surface area (Å²) in [5.74, 6) is 0.205. The van der Waals surface area contributed by atoms with Gasteiger partial charge in [0.15, 0.2) is 5.78 Å². The second-order valence-corrected chi connectivity index (χ2v) is 10.5. The topological polar surface area (TPSA) is 17.1 Å². The van der Waals surface area contributed by atoms with E-state index in [0.29, 0.717) is 6.42 Å². The first-order valence-corrected chi connectivity index (χ1v) is 11.7. The van der Waals surface area contributed by atoms with Crippen molar-refractivity contribution < 1.29 is 4.79 Å². The van der Waals surface area contributed by atoms with E-state index >= 15 is 0 Å². The van der Waals surface area contributed by atoms with Crippen LogP contribution < -0.4 is 0 Å². The van der Waals surface area contributed by atoms with Crippen molar-refractivity contribution >= 4 is 5.78 Å². The third-order valence-corrected chi connectivity index (χ3v) is 6.88. The molecule has 1 heteroatoms. The third-order valence-electron chi connectivity index (χ3n) is 6.88. The van der Waals surface area contributed by atoms with Crippen LogP contribution in [0.2, 0.25) is 0 Å². The van der Waals surface area contributed by atoms with E-state index in [9.17, 15) is 4.79 Å². The van der Waals surface area contributed by atoms with Crippen LogP contribution in [0.3, 0.4) is 0 Å². The van der Waals surface area contributed by atoms with Crippen LogP contribution >= 0.6 is 0 Å². The van der Waals surface area contributed by atoms with Gasteiger partial charge >= 0.3 is 0 Å². The van der Waals surface area contributed by atoms with Gasteiger partial charge in [-0.3, -0.25) is 4.79 Å². The minimum absolute atomic E-state index is 0.205. The Kier molecular flexibility index (Phi) is 8.08. The Labute approximate surface area is 185 Å². The van der Waals surface area contributed by atoms with E-state index < -0.39 is 0 Å². The maximum absolute atomic E-state index is 12.4. The van der Waals surface area contributed by atoms with E-state index in [1.165, 1.54) is 40.7 Å². The summed E-state index contributed by atoms with van der Waals surface area (Å²) in [6, 6.07) is 4.89. The quantitative estimate of drug-likeness (QED) is 0.230. The first-order chi connectivity index (χ1) is 14.0. The van der Waals surface area contributed by atoms with Crippen LogP contribution in [0.5, 0.6) is 0 Å². The number of unbranched alkanes of at least 4 members (excludes halogenated alkanes) is 2. The van der Waals surface area contributed by atoms with Gasteiger partial charge in [0.25, 0.3) is 0 Å². The molecular weight excluding hydrogens is 364 g/mol. The summed E-state index contributed by atoms with van der Waals surface area (Å²) < 4.78 is 0. The first-order valence-electron chi connectivity index (χ1n) is 11.7. The van der Waals surface area contributed by atoms with E-state index in [4.69, 9.17) is 0 Å². The number of fused-ring (bicyclic) bond motifs is 1. The van der Waals surface area contributed by atoms with E-state index in [1.54, 1.807) is 6.08 Å². The third kappa shape index (κ3) is 5.84. The van der Waals surface area contributed by atoms with Crippen LogP contribution in [0.25, 0.3) is 0 Å². The summed E-state index contributed by atoms with van der Waals surface area (Å²) in [5, 5.41) is 0. The van der Waals surface area contributed by atoms with E-state index in [2.05, 4.69) is 73.3 Å². The molecule has 0 radical (unpaired) electrons. The van der Waals surface area contributed by atoms with Crippen LogP contribution in [-0.4, -0.2) is 5.78 Å². The van der Waals surface area contributed by atoms with Gasteiger partial charge in [-0.05, 0) is 72.6 Å². The normalized spacial score (nSPS) is 18.1. The molecule has 0 amide bonds. The Hall–Kier alpha value is -1.89. The monoisotopic (exact) mass is 406 g/mol. The summed E-state index contributed by atoms with van der Waals surface area (Å²) in [5.41, 5.74) is 8.28. The summed E-state index contributed by atoms with van der Waals surface area (Å²) in [4.78, 5) is 12.4. The number of ketones is 1. The van der Waals surface area contributed by atoms with Gasteiger partial charge in [0.1, 0.15) is 0 Å². The zero-order chi connectivity index (χ0) is 22.5. The molecule has 0 unspecified atom stereocenters. The van der Waals surface area contributed by atoms with Crippen LogP contribution in [0, 0.1) is 6.92 Å². The number of aryl methyl sites for hydroxylation is 1. The molecule has 1 aliphatic carbocycles. The molecule has 0 aromatic heterocycles. The number of carbonyl (C=O) groups is 1. The fourth-order valence-electron chi connectivity index (χ4n) is 4.50. The van der Waals surface area contributed by atoms with Gasteiger partial charge in [-0.2, -0.15) is 0 Å². The summed E-state index contributed by atoms with van der Waals surface area (Å²) in [6.45, 7) is 19.9. The number of hydrogen-bond donors (Lipinski definition) is 0. The van der Waals surface area contributed by atoms with Gasteiger partial charge in [0.2, 0.25) is 0 Å². The Bertz CT molecular complexity index is 845. The molecule has 1 aromatic carbocycles. The number of allylic oxidation sites excluding steroid dienone is 5. The summed E-state index contributed by atoms with van der Waals surface area (Å²) in [7, 11) is 0. The van der Waals surface area contributed by atoms with Crippen LogP contribution in [-0.2, 0) is 22.0 Å². The van der Waals surface area contributed by atoms with Gasteiger partial charge in [-0.1, -0.05) is 90.0 Å². The lowest BCUT2D eigenvalue weighted by Gasteiger charge is -2.42. The predicted octanol–water partition coefficient (Wildman–Crippen LogP) is 8.09. The highest BCUT2D eigenvalue weighted by Gasteiger charge is 2.37. The SMILES string of the molecule is C=C/C(=C\C=C(/C)Cc1cc2c(cc1C)C(C)(C)CCC2(C)C)C(=O)CCCCC. The fourth-order valence-corrected chi connectivity index (χ4v) is 4.50. The Morgan fingerprint density at radius 3 is 2.20 bits per heavy atom. The molecule has 0 saturated carbocycles. The average Bonchev–Trinajstić information content (AvgIpc) is 2.67. The van der Waals surface area contributed by atoms with E-state index in [-0.39, 0.29) is 16.6 Å². The molecule has 1 aromatic rings. The lowest BCUT2D eigenvalue weighted by molar-refractivity contribution is -0.115. The maximum atomic E-state index is 12.4. The predicted molar refractivity (Wildman–Crippen MR) is 131 cm³/mol. The second-order valence-electron chi connectivity index (χ2n) is 10.5. The van der Waals surface area contributed by atoms with Gasteiger partial charge in [-0.15, -0.1) is 0 Å².